The van der Waals surface area contributed by atoms with Gasteiger partial charge in [0.25, 0.3) is 0 Å². The summed E-state index contributed by atoms with van der Waals surface area (Å²) in [5, 5.41) is 18.4. The monoisotopic (exact) mass is 436 g/mol. The van der Waals surface area contributed by atoms with Crippen LogP contribution < -0.4 is 5.43 Å². The molecule has 1 N–H and O–H groups in total. The van der Waals surface area contributed by atoms with Crippen LogP contribution in [0.5, 0.6) is 5.75 Å². The van der Waals surface area contributed by atoms with Gasteiger partial charge in [-0.1, -0.05) is 42.0 Å². The SMILES string of the molecule is C=S(C)(=O)N(CC1=CC=C(c2ccc(C#N)cc2)C=CCC1)Cc1cc(=O)c(O)co1. The Hall–Kier alpha value is -3.34. The number of nitrogens with zero attached hydrogens (tertiary/aromatic N) is 2. The van der Waals surface area contributed by atoms with Gasteiger partial charge in [-0.15, -0.1) is 0 Å². The molecular weight excluding hydrogens is 412 g/mol. The smallest absolute Gasteiger partial charge is 0.226 e. The molecule has 2 aromatic rings. The van der Waals surface area contributed by atoms with E-state index in [1.165, 1.54) is 6.07 Å². The second-order valence-corrected chi connectivity index (χ2v) is 9.87. The van der Waals surface area contributed by atoms with E-state index in [-0.39, 0.29) is 6.54 Å². The van der Waals surface area contributed by atoms with Crippen molar-refractivity contribution < 1.29 is 13.7 Å². The highest BCUT2D eigenvalue weighted by molar-refractivity contribution is 7.97. The number of aromatic hydroxyl groups is 1. The molecule has 3 rings (SSSR count). The van der Waals surface area contributed by atoms with Gasteiger partial charge in [0.1, 0.15) is 12.0 Å². The standard InChI is InChI=1S/C24H24N2O4S/c1-31(2,29)26(16-22-13-23(27)24(28)17-30-22)15-19-5-3-4-6-20(12-9-19)21-10-7-18(14-25)8-11-21/h4,6-13,17,28H,1,3,5,15-16H2,2H3. The van der Waals surface area contributed by atoms with Crippen LogP contribution in [0.25, 0.3) is 5.57 Å². The van der Waals surface area contributed by atoms with Crippen molar-refractivity contribution in [1.29, 1.82) is 5.26 Å². The molecule has 1 aliphatic rings. The summed E-state index contributed by atoms with van der Waals surface area (Å²) in [4.78, 5) is 11.7. The maximum Gasteiger partial charge on any atom is 0.226 e. The zero-order chi connectivity index (χ0) is 22.4. The first-order valence-corrected chi connectivity index (χ1v) is 11.8. The van der Waals surface area contributed by atoms with Crippen LogP contribution in [0, 0.1) is 11.3 Å². The van der Waals surface area contributed by atoms with E-state index in [2.05, 4.69) is 24.1 Å². The van der Waals surface area contributed by atoms with Crippen molar-refractivity contribution in [3.63, 3.8) is 0 Å². The molecule has 1 unspecified atom stereocenters. The third-order valence-corrected chi connectivity index (χ3v) is 6.25. The number of benzene rings is 1. The minimum absolute atomic E-state index is 0.133. The third-order valence-electron chi connectivity index (χ3n) is 4.90. The average molecular weight is 437 g/mol. The van der Waals surface area contributed by atoms with Crippen LogP contribution in [-0.4, -0.2) is 32.3 Å². The van der Waals surface area contributed by atoms with E-state index >= 15 is 0 Å². The van der Waals surface area contributed by atoms with E-state index in [0.717, 1.165) is 35.8 Å². The van der Waals surface area contributed by atoms with Gasteiger partial charge in [0.05, 0.1) is 18.2 Å². The zero-order valence-electron chi connectivity index (χ0n) is 17.3. The van der Waals surface area contributed by atoms with Gasteiger partial charge in [-0.25, -0.2) is 4.31 Å². The molecule has 160 valence electrons. The second-order valence-electron chi connectivity index (χ2n) is 7.43. The fourth-order valence-corrected chi connectivity index (χ4v) is 3.98. The molecule has 0 saturated heterocycles. The molecule has 0 fully saturated rings. The molecule has 0 radical (unpaired) electrons. The van der Waals surface area contributed by atoms with Gasteiger partial charge in [0.2, 0.25) is 5.43 Å². The van der Waals surface area contributed by atoms with E-state index in [9.17, 15) is 14.1 Å². The molecule has 31 heavy (non-hydrogen) atoms. The van der Waals surface area contributed by atoms with Crippen LogP contribution in [0.3, 0.4) is 0 Å². The first-order valence-electron chi connectivity index (χ1n) is 9.71. The van der Waals surface area contributed by atoms with Crippen LogP contribution in [0.15, 0.2) is 75.7 Å². The zero-order valence-corrected chi connectivity index (χ0v) is 18.1. The van der Waals surface area contributed by atoms with Gasteiger partial charge < -0.3 is 9.52 Å². The maximum atomic E-state index is 12.8. The van der Waals surface area contributed by atoms with E-state index in [1.54, 1.807) is 22.7 Å². The lowest BCUT2D eigenvalue weighted by atomic mass is 9.99. The molecule has 1 heterocycles. The minimum Gasteiger partial charge on any atom is -0.502 e. The molecule has 1 aromatic carbocycles. The average Bonchev–Trinajstić information content (AvgIpc) is 2.71. The summed E-state index contributed by atoms with van der Waals surface area (Å²) in [5.74, 6) is 3.64. The summed E-state index contributed by atoms with van der Waals surface area (Å²) in [6.45, 7) is 0.530. The fraction of sp³-hybridized carbons (Fsp3) is 0.208. The number of allylic oxidation sites excluding steroid dienone is 5. The topological polar surface area (TPSA) is 94.5 Å². The van der Waals surface area contributed by atoms with Crippen LogP contribution in [0.1, 0.15) is 29.7 Å². The van der Waals surface area contributed by atoms with Gasteiger partial charge in [-0.3, -0.25) is 9.00 Å². The lowest BCUT2D eigenvalue weighted by Gasteiger charge is -2.24. The van der Waals surface area contributed by atoms with E-state index in [0.29, 0.717) is 17.9 Å². The normalized spacial score (nSPS) is 15.9. The van der Waals surface area contributed by atoms with Crippen molar-refractivity contribution in [2.24, 2.45) is 0 Å². The van der Waals surface area contributed by atoms with Gasteiger partial charge in [0.15, 0.2) is 5.75 Å². The highest BCUT2D eigenvalue weighted by Gasteiger charge is 2.17. The first kappa shape index (κ1) is 22.3. The van der Waals surface area contributed by atoms with Gasteiger partial charge in [-0.2, -0.15) is 5.26 Å². The second kappa shape index (κ2) is 9.65. The summed E-state index contributed by atoms with van der Waals surface area (Å²) in [6.07, 6.45) is 12.3. The molecule has 6 nitrogen and oxygen atoms in total. The van der Waals surface area contributed by atoms with E-state index < -0.39 is 20.9 Å². The lowest BCUT2D eigenvalue weighted by Crippen LogP contribution is -2.31. The summed E-state index contributed by atoms with van der Waals surface area (Å²) in [6, 6.07) is 10.7. The number of hydrogen-bond acceptors (Lipinski definition) is 5. The van der Waals surface area contributed by atoms with Crippen LogP contribution in [0.4, 0.5) is 0 Å². The quantitative estimate of drug-likeness (QED) is 0.698. The molecule has 7 heteroatoms. The Kier molecular flexibility index (Phi) is 6.95. The van der Waals surface area contributed by atoms with Gasteiger partial charge in [-0.05, 0) is 42.0 Å². The molecule has 0 spiro atoms. The molecular formula is C24H24N2O4S. The summed E-state index contributed by atoms with van der Waals surface area (Å²) in [5.41, 5.74) is 3.16. The molecule has 0 aliphatic heterocycles. The van der Waals surface area contributed by atoms with Crippen molar-refractivity contribution in [3.8, 4) is 11.8 Å². The fourth-order valence-electron chi connectivity index (χ4n) is 3.14. The lowest BCUT2D eigenvalue weighted by molar-refractivity contribution is 0.370. The Morgan fingerprint density at radius 3 is 2.65 bits per heavy atom. The molecule has 0 saturated carbocycles. The van der Waals surface area contributed by atoms with Crippen molar-refractivity contribution in [3.05, 3.63) is 93.6 Å². The van der Waals surface area contributed by atoms with Crippen molar-refractivity contribution >= 4 is 21.2 Å². The Labute approximate surface area is 182 Å². The molecule has 1 aliphatic carbocycles. The minimum atomic E-state index is -2.58. The Bertz CT molecular complexity index is 1240. The number of rotatable bonds is 6. The van der Waals surface area contributed by atoms with Crippen molar-refractivity contribution in [2.45, 2.75) is 19.4 Å². The first-order chi connectivity index (χ1) is 14.8. The predicted octanol–water partition coefficient (Wildman–Crippen LogP) is 3.64. The summed E-state index contributed by atoms with van der Waals surface area (Å²) >= 11 is 0. The molecule has 0 bridgehead atoms. The van der Waals surface area contributed by atoms with E-state index in [1.807, 2.05) is 24.3 Å². The number of hydrogen-bond donors (Lipinski definition) is 1. The Balaban J connectivity index is 1.85. The third kappa shape index (κ3) is 6.07. The summed E-state index contributed by atoms with van der Waals surface area (Å²) < 4.78 is 19.7. The summed E-state index contributed by atoms with van der Waals surface area (Å²) in [7, 11) is -2.58. The highest BCUT2D eigenvalue weighted by Crippen LogP contribution is 2.22. The Morgan fingerprint density at radius 1 is 1.26 bits per heavy atom. The van der Waals surface area contributed by atoms with Crippen LogP contribution >= 0.6 is 0 Å². The predicted molar refractivity (Wildman–Crippen MR) is 124 cm³/mol. The number of nitriles is 1. The van der Waals surface area contributed by atoms with Crippen molar-refractivity contribution in [2.75, 3.05) is 12.8 Å². The van der Waals surface area contributed by atoms with Gasteiger partial charge >= 0.3 is 0 Å². The largest absolute Gasteiger partial charge is 0.502 e. The highest BCUT2D eigenvalue weighted by atomic mass is 32.2. The van der Waals surface area contributed by atoms with Gasteiger partial charge in [0, 0.05) is 28.6 Å². The molecule has 1 atom stereocenters. The molecule has 0 amide bonds. The molecule has 1 aromatic heterocycles. The van der Waals surface area contributed by atoms with Crippen LogP contribution in [-0.2, 0) is 16.3 Å². The maximum absolute atomic E-state index is 12.8. The van der Waals surface area contributed by atoms with Crippen molar-refractivity contribution in [1.82, 2.24) is 4.31 Å². The van der Waals surface area contributed by atoms with E-state index in [4.69, 9.17) is 9.68 Å². The van der Waals surface area contributed by atoms with Crippen LogP contribution in [0.2, 0.25) is 0 Å². The Morgan fingerprint density at radius 2 is 2.00 bits per heavy atom.